The summed E-state index contributed by atoms with van der Waals surface area (Å²) in [5.74, 6) is -0.0837. The summed E-state index contributed by atoms with van der Waals surface area (Å²) < 4.78 is 6.35. The number of ether oxygens (including phenoxy) is 1. The fourth-order valence-corrected chi connectivity index (χ4v) is 7.30. The van der Waals surface area contributed by atoms with Gasteiger partial charge < -0.3 is 20.1 Å². The molecular weight excluding hydrogens is 627 g/mol. The molecule has 1 fully saturated rings. The van der Waals surface area contributed by atoms with Crippen molar-refractivity contribution in [1.29, 1.82) is 0 Å². The van der Waals surface area contributed by atoms with Gasteiger partial charge in [0.15, 0.2) is 0 Å². The van der Waals surface area contributed by atoms with Crippen molar-refractivity contribution in [2.45, 2.75) is 69.1 Å². The number of fused-ring (bicyclic) bond motifs is 1. The Morgan fingerprint density at radius 3 is 2.44 bits per heavy atom. The Labute approximate surface area is 256 Å². The van der Waals surface area contributed by atoms with Crippen LogP contribution in [0.2, 0.25) is 0 Å². The third kappa shape index (κ3) is 5.94. The van der Waals surface area contributed by atoms with Crippen LogP contribution in [0.3, 0.4) is 0 Å². The van der Waals surface area contributed by atoms with E-state index in [2.05, 4.69) is 44.9 Å². The molecule has 2 aliphatic rings. The molecule has 216 valence electrons. The number of carbonyl (C=O) groups excluding carboxylic acids is 2. The fourth-order valence-electron chi connectivity index (χ4n) is 6.72. The summed E-state index contributed by atoms with van der Waals surface area (Å²) in [5.41, 5.74) is 3.10. The Morgan fingerprint density at radius 1 is 1.02 bits per heavy atom. The van der Waals surface area contributed by atoms with Crippen molar-refractivity contribution in [2.24, 2.45) is 0 Å². The van der Waals surface area contributed by atoms with Gasteiger partial charge in [-0.05, 0) is 82.7 Å². The molecule has 0 unspecified atom stereocenters. The van der Waals surface area contributed by atoms with Crippen LogP contribution in [0.25, 0.3) is 0 Å². The highest BCUT2D eigenvalue weighted by molar-refractivity contribution is 14.1. The van der Waals surface area contributed by atoms with E-state index in [4.69, 9.17) is 4.74 Å². The van der Waals surface area contributed by atoms with Gasteiger partial charge in [-0.2, -0.15) is 0 Å². The van der Waals surface area contributed by atoms with E-state index in [-0.39, 0.29) is 24.5 Å². The van der Waals surface area contributed by atoms with Gasteiger partial charge in [-0.3, -0.25) is 9.59 Å². The number of nitrogens with one attached hydrogen (secondary N) is 1. The van der Waals surface area contributed by atoms with Crippen LogP contribution in [-0.2, 0) is 28.0 Å². The van der Waals surface area contributed by atoms with E-state index in [0.29, 0.717) is 31.6 Å². The zero-order valence-electron chi connectivity index (χ0n) is 23.7. The molecule has 3 aromatic rings. The lowest BCUT2D eigenvalue weighted by molar-refractivity contribution is -0.130. The quantitative estimate of drug-likeness (QED) is 0.207. The van der Waals surface area contributed by atoms with Crippen LogP contribution in [0.4, 0.5) is 0 Å². The summed E-state index contributed by atoms with van der Waals surface area (Å²) in [6.07, 6.45) is 6.30. The summed E-state index contributed by atoms with van der Waals surface area (Å²) in [4.78, 5) is 31.4. The number of aliphatic hydroxyl groups excluding tert-OH is 1. The van der Waals surface area contributed by atoms with Crippen molar-refractivity contribution in [3.63, 3.8) is 0 Å². The molecule has 41 heavy (non-hydrogen) atoms. The molecule has 1 aliphatic heterocycles. The van der Waals surface area contributed by atoms with Crippen LogP contribution in [0.1, 0.15) is 77.2 Å². The number of amides is 2. The predicted molar refractivity (Wildman–Crippen MR) is 169 cm³/mol. The van der Waals surface area contributed by atoms with Crippen molar-refractivity contribution in [3.8, 4) is 0 Å². The van der Waals surface area contributed by atoms with Gasteiger partial charge in [-0.1, -0.05) is 79.9 Å². The second-order valence-electron chi connectivity index (χ2n) is 11.2. The molecule has 6 nitrogen and oxygen atoms in total. The molecule has 1 saturated carbocycles. The lowest BCUT2D eigenvalue weighted by Gasteiger charge is -2.53. The normalized spacial score (nSPS) is 21.0. The first-order valence-electron chi connectivity index (χ1n) is 14.6. The molecule has 2 N–H and O–H groups in total. The number of methoxy groups -OCH3 is 1. The molecule has 1 aliphatic carbocycles. The Hall–Kier alpha value is -2.75. The molecule has 5 rings (SSSR count). The first kappa shape index (κ1) is 29.7. The minimum atomic E-state index is -1.07. The zero-order chi connectivity index (χ0) is 28.8. The molecular formula is C34H39IN2O4. The van der Waals surface area contributed by atoms with E-state index in [1.165, 1.54) is 6.42 Å². The average molecular weight is 667 g/mol. The molecule has 1 heterocycles. The zero-order valence-corrected chi connectivity index (χ0v) is 25.8. The highest BCUT2D eigenvalue weighted by Gasteiger charge is 2.57. The molecule has 0 aromatic heterocycles. The summed E-state index contributed by atoms with van der Waals surface area (Å²) in [6.45, 7) is 0.974. The first-order valence-corrected chi connectivity index (χ1v) is 15.7. The predicted octanol–water partition coefficient (Wildman–Crippen LogP) is 5.95. The standard InChI is InChI=1S/C34H39IN2O4/c1-41-21-9-20-36-33(40)34(22-26-10-5-8-15-30(26)35)29-14-7-6-13-28(29)32(39)37(27-11-3-2-4-12-27)31(34)25-18-16-24(23-38)17-19-25/h5-8,10,13-19,27,31,38H,2-4,9,11-12,20-23H2,1H3,(H,36,40)/t31-,34-/m0/s1. The third-order valence-corrected chi connectivity index (χ3v) is 9.76. The number of hydrogen-bond acceptors (Lipinski definition) is 4. The number of hydrogen-bond donors (Lipinski definition) is 2. The summed E-state index contributed by atoms with van der Waals surface area (Å²) in [7, 11) is 1.66. The highest BCUT2D eigenvalue weighted by atomic mass is 127. The van der Waals surface area contributed by atoms with Crippen molar-refractivity contribution in [2.75, 3.05) is 20.3 Å². The van der Waals surface area contributed by atoms with Crippen molar-refractivity contribution in [3.05, 3.63) is 104 Å². The van der Waals surface area contributed by atoms with E-state index in [9.17, 15) is 14.7 Å². The lowest BCUT2D eigenvalue weighted by atomic mass is 9.62. The third-order valence-electron chi connectivity index (χ3n) is 8.71. The first-order chi connectivity index (χ1) is 20.0. The van der Waals surface area contributed by atoms with Gasteiger partial charge >= 0.3 is 0 Å². The SMILES string of the molecule is COCCCNC(=O)[C@@]1(Cc2ccccc2I)c2ccccc2C(=O)N(C2CCCCC2)[C@H]1c1ccc(CO)cc1. The Morgan fingerprint density at radius 2 is 1.73 bits per heavy atom. The Kier molecular flexibility index (Phi) is 9.78. The molecule has 2 atom stereocenters. The van der Waals surface area contributed by atoms with Crippen LogP contribution in [-0.4, -0.2) is 48.1 Å². The monoisotopic (exact) mass is 666 g/mol. The van der Waals surface area contributed by atoms with E-state index < -0.39 is 11.5 Å². The molecule has 3 aromatic carbocycles. The molecule has 0 bridgehead atoms. The fraction of sp³-hybridized carbons (Fsp3) is 0.412. The summed E-state index contributed by atoms with van der Waals surface area (Å²) in [5, 5.41) is 13.1. The maximum Gasteiger partial charge on any atom is 0.254 e. The molecule has 7 heteroatoms. The highest BCUT2D eigenvalue weighted by Crippen LogP contribution is 2.51. The number of nitrogens with zero attached hydrogens (tertiary/aromatic N) is 1. The van der Waals surface area contributed by atoms with Crippen LogP contribution in [0.15, 0.2) is 72.8 Å². The second-order valence-corrected chi connectivity index (χ2v) is 12.4. The summed E-state index contributed by atoms with van der Waals surface area (Å²) >= 11 is 2.35. The van der Waals surface area contributed by atoms with Gasteiger partial charge in [0.05, 0.1) is 12.6 Å². The van der Waals surface area contributed by atoms with Crippen molar-refractivity contribution in [1.82, 2.24) is 10.2 Å². The van der Waals surface area contributed by atoms with Crippen molar-refractivity contribution < 1.29 is 19.4 Å². The average Bonchev–Trinajstić information content (AvgIpc) is 3.02. The van der Waals surface area contributed by atoms with Crippen LogP contribution < -0.4 is 5.32 Å². The molecule has 0 radical (unpaired) electrons. The van der Waals surface area contributed by atoms with Crippen LogP contribution >= 0.6 is 22.6 Å². The number of carbonyl (C=O) groups is 2. The van der Waals surface area contributed by atoms with Crippen LogP contribution in [0, 0.1) is 3.57 Å². The minimum Gasteiger partial charge on any atom is -0.392 e. The van der Waals surface area contributed by atoms with Gasteiger partial charge in [0, 0.05) is 35.4 Å². The van der Waals surface area contributed by atoms with E-state index in [1.807, 2.05) is 60.7 Å². The maximum absolute atomic E-state index is 14.9. The van der Waals surface area contributed by atoms with Crippen molar-refractivity contribution >= 4 is 34.4 Å². The van der Waals surface area contributed by atoms with Gasteiger partial charge in [0.2, 0.25) is 5.91 Å². The number of rotatable bonds is 10. The molecule has 0 spiro atoms. The maximum atomic E-state index is 14.9. The van der Waals surface area contributed by atoms with E-state index >= 15 is 0 Å². The second kappa shape index (κ2) is 13.5. The smallest absolute Gasteiger partial charge is 0.254 e. The number of benzene rings is 3. The van der Waals surface area contributed by atoms with Gasteiger partial charge in [0.1, 0.15) is 5.41 Å². The number of halogens is 1. The topological polar surface area (TPSA) is 78.9 Å². The van der Waals surface area contributed by atoms with Crippen LogP contribution in [0.5, 0.6) is 0 Å². The minimum absolute atomic E-state index is 0.00528. The number of aliphatic hydroxyl groups is 1. The Bertz CT molecular complexity index is 1350. The van der Waals surface area contributed by atoms with E-state index in [1.54, 1.807) is 7.11 Å². The van der Waals surface area contributed by atoms with Gasteiger partial charge in [-0.25, -0.2) is 0 Å². The lowest BCUT2D eigenvalue weighted by Crippen LogP contribution is -2.62. The van der Waals surface area contributed by atoms with E-state index in [0.717, 1.165) is 51.5 Å². The molecule has 2 amide bonds. The Balaban J connectivity index is 1.77. The summed E-state index contributed by atoms with van der Waals surface area (Å²) in [6, 6.07) is 23.3. The van der Waals surface area contributed by atoms with Gasteiger partial charge in [0.25, 0.3) is 5.91 Å². The van der Waals surface area contributed by atoms with Gasteiger partial charge in [-0.15, -0.1) is 0 Å². The largest absolute Gasteiger partial charge is 0.392 e. The molecule has 0 saturated heterocycles.